The van der Waals surface area contributed by atoms with Gasteiger partial charge < -0.3 is 15.4 Å². The van der Waals surface area contributed by atoms with Gasteiger partial charge in [0.05, 0.1) is 13.2 Å². The second-order valence-electron chi connectivity index (χ2n) is 4.81. The lowest BCUT2D eigenvalue weighted by atomic mass is 10.1. The molecule has 2 N–H and O–H groups in total. The molecule has 1 amide bonds. The van der Waals surface area contributed by atoms with Gasteiger partial charge in [0, 0.05) is 38.6 Å². The van der Waals surface area contributed by atoms with Gasteiger partial charge in [-0.2, -0.15) is 0 Å². The molecule has 0 saturated carbocycles. The lowest BCUT2D eigenvalue weighted by Crippen LogP contribution is -2.44. The summed E-state index contributed by atoms with van der Waals surface area (Å²) in [6.45, 7) is 6.11. The highest BCUT2D eigenvalue weighted by molar-refractivity contribution is 5.78. The summed E-state index contributed by atoms with van der Waals surface area (Å²) in [6, 6.07) is 0.383. The number of nitrogens with two attached hydrogens (primary N) is 1. The fourth-order valence-electron chi connectivity index (χ4n) is 2.67. The first-order valence-corrected chi connectivity index (χ1v) is 6.61. The fraction of sp³-hybridized carbons (Fsp3) is 0.917. The molecule has 1 atom stereocenters. The van der Waals surface area contributed by atoms with Crippen LogP contribution in [0.15, 0.2) is 0 Å². The SMILES string of the molecule is NCC[C@@H]1CCC(=O)N1CCN1CCOCC1. The maximum Gasteiger partial charge on any atom is 0.222 e. The Morgan fingerprint density at radius 1 is 1.29 bits per heavy atom. The Labute approximate surface area is 103 Å². The Kier molecular flexibility index (Phi) is 4.76. The molecule has 5 heteroatoms. The third kappa shape index (κ3) is 3.40. The van der Waals surface area contributed by atoms with E-state index in [-0.39, 0.29) is 0 Å². The molecule has 0 aliphatic carbocycles. The van der Waals surface area contributed by atoms with Crippen LogP contribution in [0.4, 0.5) is 0 Å². The van der Waals surface area contributed by atoms with Crippen molar-refractivity contribution in [3.63, 3.8) is 0 Å². The van der Waals surface area contributed by atoms with Gasteiger partial charge in [0.2, 0.25) is 5.91 Å². The minimum atomic E-state index is 0.303. The number of likely N-dealkylation sites (tertiary alicyclic amines) is 1. The van der Waals surface area contributed by atoms with Gasteiger partial charge in [0.15, 0.2) is 0 Å². The Morgan fingerprint density at radius 2 is 2.06 bits per heavy atom. The van der Waals surface area contributed by atoms with Gasteiger partial charge in [0.25, 0.3) is 0 Å². The average Bonchev–Trinajstić information content (AvgIpc) is 2.70. The van der Waals surface area contributed by atoms with Crippen molar-refractivity contribution >= 4 is 5.91 Å². The normalized spacial score (nSPS) is 26.8. The predicted octanol–water partition coefficient (Wildman–Crippen LogP) is -0.342. The first-order chi connectivity index (χ1) is 8.31. The van der Waals surface area contributed by atoms with Gasteiger partial charge in [-0.15, -0.1) is 0 Å². The molecular formula is C12H23N3O2. The number of carbonyl (C=O) groups excluding carboxylic acids is 1. The van der Waals surface area contributed by atoms with Crippen LogP contribution in [0.2, 0.25) is 0 Å². The van der Waals surface area contributed by atoms with Gasteiger partial charge in [-0.25, -0.2) is 0 Å². The molecule has 5 nitrogen and oxygen atoms in total. The summed E-state index contributed by atoms with van der Waals surface area (Å²) in [4.78, 5) is 16.2. The molecule has 0 aromatic carbocycles. The second kappa shape index (κ2) is 6.33. The van der Waals surface area contributed by atoms with Crippen LogP contribution in [0.1, 0.15) is 19.3 Å². The number of ether oxygens (including phenoxy) is 1. The lowest BCUT2D eigenvalue weighted by molar-refractivity contribution is -0.129. The first-order valence-electron chi connectivity index (χ1n) is 6.61. The second-order valence-corrected chi connectivity index (χ2v) is 4.81. The Hall–Kier alpha value is -0.650. The molecule has 2 heterocycles. The Morgan fingerprint density at radius 3 is 2.76 bits per heavy atom. The van der Waals surface area contributed by atoms with Crippen molar-refractivity contribution in [3.8, 4) is 0 Å². The molecule has 2 aliphatic rings. The first kappa shape index (κ1) is 12.8. The number of morpholine rings is 1. The van der Waals surface area contributed by atoms with E-state index < -0.39 is 0 Å². The summed E-state index contributed by atoms with van der Waals surface area (Å²) >= 11 is 0. The number of nitrogens with zero attached hydrogens (tertiary/aromatic N) is 2. The Balaban J connectivity index is 1.77. The highest BCUT2D eigenvalue weighted by Gasteiger charge is 2.30. The van der Waals surface area contributed by atoms with Gasteiger partial charge in [-0.05, 0) is 19.4 Å². The number of amides is 1. The van der Waals surface area contributed by atoms with Crippen molar-refractivity contribution in [1.29, 1.82) is 0 Å². The summed E-state index contributed by atoms with van der Waals surface area (Å²) < 4.78 is 5.31. The van der Waals surface area contributed by atoms with Crippen LogP contribution < -0.4 is 5.73 Å². The molecule has 2 rings (SSSR count). The van der Waals surface area contributed by atoms with E-state index >= 15 is 0 Å². The molecule has 17 heavy (non-hydrogen) atoms. The summed E-state index contributed by atoms with van der Waals surface area (Å²) in [6.07, 6.45) is 2.63. The monoisotopic (exact) mass is 241 g/mol. The van der Waals surface area contributed by atoms with E-state index in [4.69, 9.17) is 10.5 Å². The molecule has 98 valence electrons. The van der Waals surface area contributed by atoms with Gasteiger partial charge >= 0.3 is 0 Å². The third-order valence-corrected chi connectivity index (χ3v) is 3.71. The summed E-state index contributed by atoms with van der Waals surface area (Å²) in [7, 11) is 0. The van der Waals surface area contributed by atoms with Gasteiger partial charge in [0.1, 0.15) is 0 Å². The van der Waals surface area contributed by atoms with Crippen LogP contribution in [0.25, 0.3) is 0 Å². The highest BCUT2D eigenvalue weighted by Crippen LogP contribution is 2.20. The molecule has 0 radical (unpaired) electrons. The van der Waals surface area contributed by atoms with Crippen molar-refractivity contribution in [2.45, 2.75) is 25.3 Å². The number of carbonyl (C=O) groups is 1. The van der Waals surface area contributed by atoms with Gasteiger partial charge in [-0.3, -0.25) is 9.69 Å². The molecule has 0 spiro atoms. The topological polar surface area (TPSA) is 58.8 Å². The van der Waals surface area contributed by atoms with E-state index in [2.05, 4.69) is 4.90 Å². The summed E-state index contributed by atoms with van der Waals surface area (Å²) in [5.41, 5.74) is 5.59. The third-order valence-electron chi connectivity index (χ3n) is 3.71. The average molecular weight is 241 g/mol. The van der Waals surface area contributed by atoms with E-state index in [0.29, 0.717) is 24.9 Å². The molecule has 2 saturated heterocycles. The van der Waals surface area contributed by atoms with Crippen LogP contribution in [0, 0.1) is 0 Å². The lowest BCUT2D eigenvalue weighted by Gasteiger charge is -2.30. The van der Waals surface area contributed by atoms with Crippen LogP contribution in [0.3, 0.4) is 0 Å². The molecule has 0 aromatic rings. The van der Waals surface area contributed by atoms with Crippen molar-refractivity contribution in [1.82, 2.24) is 9.80 Å². The largest absolute Gasteiger partial charge is 0.379 e. The highest BCUT2D eigenvalue weighted by atomic mass is 16.5. The molecular weight excluding hydrogens is 218 g/mol. The molecule has 0 unspecified atom stereocenters. The Bertz CT molecular complexity index is 254. The van der Waals surface area contributed by atoms with E-state index in [1.807, 2.05) is 4.90 Å². The van der Waals surface area contributed by atoms with E-state index in [9.17, 15) is 4.79 Å². The summed E-state index contributed by atoms with van der Waals surface area (Å²) in [5, 5.41) is 0. The number of hydrogen-bond acceptors (Lipinski definition) is 4. The number of hydrogen-bond donors (Lipinski definition) is 1. The maximum atomic E-state index is 11.8. The van der Waals surface area contributed by atoms with Crippen LogP contribution in [0.5, 0.6) is 0 Å². The van der Waals surface area contributed by atoms with Crippen LogP contribution >= 0.6 is 0 Å². The quantitative estimate of drug-likeness (QED) is 0.715. The minimum Gasteiger partial charge on any atom is -0.379 e. The van der Waals surface area contributed by atoms with E-state index in [1.165, 1.54) is 0 Å². The van der Waals surface area contributed by atoms with E-state index in [0.717, 1.165) is 52.2 Å². The molecule has 2 aliphatic heterocycles. The molecule has 0 bridgehead atoms. The standard InChI is InChI=1S/C12H23N3O2/c13-4-3-11-1-2-12(16)15(11)6-5-14-7-9-17-10-8-14/h11H,1-10,13H2/t11-/m0/s1. The number of rotatable bonds is 5. The predicted molar refractivity (Wildman–Crippen MR) is 65.7 cm³/mol. The van der Waals surface area contributed by atoms with Crippen molar-refractivity contribution < 1.29 is 9.53 Å². The zero-order valence-electron chi connectivity index (χ0n) is 10.4. The fourth-order valence-corrected chi connectivity index (χ4v) is 2.67. The smallest absolute Gasteiger partial charge is 0.222 e. The minimum absolute atomic E-state index is 0.303. The van der Waals surface area contributed by atoms with E-state index in [1.54, 1.807) is 0 Å². The molecule has 0 aromatic heterocycles. The summed E-state index contributed by atoms with van der Waals surface area (Å²) in [5.74, 6) is 0.303. The van der Waals surface area contributed by atoms with Crippen molar-refractivity contribution in [3.05, 3.63) is 0 Å². The van der Waals surface area contributed by atoms with Crippen molar-refractivity contribution in [2.75, 3.05) is 45.9 Å². The maximum absolute atomic E-state index is 11.8. The molecule has 2 fully saturated rings. The zero-order chi connectivity index (χ0) is 12.1. The van der Waals surface area contributed by atoms with Gasteiger partial charge in [-0.1, -0.05) is 0 Å². The van der Waals surface area contributed by atoms with Crippen molar-refractivity contribution in [2.24, 2.45) is 5.73 Å². The van der Waals surface area contributed by atoms with Crippen LogP contribution in [-0.2, 0) is 9.53 Å². The van der Waals surface area contributed by atoms with Crippen LogP contribution in [-0.4, -0.2) is 67.7 Å². The zero-order valence-corrected chi connectivity index (χ0v) is 10.4.